The van der Waals surface area contributed by atoms with E-state index in [1.54, 1.807) is 0 Å². The van der Waals surface area contributed by atoms with E-state index in [1.165, 1.54) is 16.9 Å². The minimum Gasteiger partial charge on any atom is -0.219 e. The van der Waals surface area contributed by atoms with Crippen LogP contribution in [0.25, 0.3) is 5.69 Å². The molecule has 1 aromatic heterocycles. The van der Waals surface area contributed by atoms with Crippen molar-refractivity contribution >= 4 is 27.5 Å². The number of aromatic nitrogens is 3. The first-order valence-electron chi connectivity index (χ1n) is 5.76. The summed E-state index contributed by atoms with van der Waals surface area (Å²) in [7, 11) is 0. The van der Waals surface area contributed by atoms with Crippen molar-refractivity contribution in [3.05, 3.63) is 40.1 Å². The minimum absolute atomic E-state index is 0.263. The quantitative estimate of drug-likeness (QED) is 0.733. The zero-order valence-electron chi connectivity index (χ0n) is 10.3. The molecular formula is C12H10BrClF3N3. The van der Waals surface area contributed by atoms with Crippen LogP contribution in [0.4, 0.5) is 13.2 Å². The number of nitrogens with zero attached hydrogens (tertiary/aromatic N) is 3. The van der Waals surface area contributed by atoms with E-state index < -0.39 is 11.7 Å². The Labute approximate surface area is 126 Å². The predicted octanol–water partition coefficient (Wildman–Crippen LogP) is 4.74. The molecule has 0 spiro atoms. The van der Waals surface area contributed by atoms with Gasteiger partial charge < -0.3 is 0 Å². The summed E-state index contributed by atoms with van der Waals surface area (Å²) in [5, 5.41) is 7.39. The zero-order chi connectivity index (χ0) is 14.9. The van der Waals surface area contributed by atoms with Gasteiger partial charge in [-0.1, -0.05) is 12.1 Å². The summed E-state index contributed by atoms with van der Waals surface area (Å²) in [5.74, 6) is 0. The highest BCUT2D eigenvalue weighted by Gasteiger charge is 2.31. The Morgan fingerprint density at radius 1 is 1.40 bits per heavy atom. The molecule has 3 nitrogen and oxygen atoms in total. The summed E-state index contributed by atoms with van der Waals surface area (Å²) in [6.45, 7) is 1.89. The summed E-state index contributed by atoms with van der Waals surface area (Å²) in [4.78, 5) is 0. The Morgan fingerprint density at radius 2 is 2.10 bits per heavy atom. The van der Waals surface area contributed by atoms with E-state index in [4.69, 9.17) is 11.6 Å². The van der Waals surface area contributed by atoms with Crippen molar-refractivity contribution in [3.8, 4) is 5.69 Å². The lowest BCUT2D eigenvalue weighted by Gasteiger charge is -2.10. The van der Waals surface area contributed by atoms with Crippen LogP contribution in [0.1, 0.15) is 30.0 Å². The second-order valence-corrected chi connectivity index (χ2v) is 5.51. The molecule has 0 saturated heterocycles. The van der Waals surface area contributed by atoms with Gasteiger partial charge in [-0.15, -0.1) is 16.7 Å². The van der Waals surface area contributed by atoms with Gasteiger partial charge >= 0.3 is 6.18 Å². The molecule has 0 aliphatic heterocycles. The van der Waals surface area contributed by atoms with Gasteiger partial charge in [-0.2, -0.15) is 13.2 Å². The average molecular weight is 369 g/mol. The van der Waals surface area contributed by atoms with Gasteiger partial charge in [-0.3, -0.25) is 0 Å². The maximum Gasteiger partial charge on any atom is 0.416 e. The Kier molecular flexibility index (Phi) is 4.39. The first kappa shape index (κ1) is 15.3. The molecule has 20 heavy (non-hydrogen) atoms. The summed E-state index contributed by atoms with van der Waals surface area (Å²) >= 11 is 9.24. The fourth-order valence-electron chi connectivity index (χ4n) is 1.61. The van der Waals surface area contributed by atoms with Gasteiger partial charge in [0, 0.05) is 4.47 Å². The van der Waals surface area contributed by atoms with Gasteiger partial charge in [-0.05, 0) is 40.5 Å². The van der Waals surface area contributed by atoms with Crippen molar-refractivity contribution in [2.75, 3.05) is 0 Å². The summed E-state index contributed by atoms with van der Waals surface area (Å²) in [5.41, 5.74) is 0.0442. The number of hydrogen-bond acceptors (Lipinski definition) is 2. The fraction of sp³-hybridized carbons (Fsp3) is 0.333. The standard InChI is InChI=1S/C12H10BrClF3N3/c1-2-9(14)10-6-20(19-18-10)11-5-7(12(15,16)17)3-4-8(11)13/h3-6,9H,2H2,1H3. The second-order valence-electron chi connectivity index (χ2n) is 4.13. The van der Waals surface area contributed by atoms with E-state index in [-0.39, 0.29) is 11.1 Å². The largest absolute Gasteiger partial charge is 0.416 e. The number of halogens is 5. The third-order valence-corrected chi connectivity index (χ3v) is 3.91. The molecule has 0 aliphatic rings. The molecule has 1 unspecified atom stereocenters. The maximum atomic E-state index is 12.7. The summed E-state index contributed by atoms with van der Waals surface area (Å²) in [6, 6.07) is 3.34. The molecule has 1 aromatic carbocycles. The maximum absolute atomic E-state index is 12.7. The van der Waals surface area contributed by atoms with Gasteiger partial charge in [0.25, 0.3) is 0 Å². The number of benzene rings is 1. The third-order valence-electron chi connectivity index (χ3n) is 2.71. The average Bonchev–Trinajstić information content (AvgIpc) is 2.86. The van der Waals surface area contributed by atoms with Crippen LogP contribution in [0, 0.1) is 0 Å². The lowest BCUT2D eigenvalue weighted by atomic mass is 10.2. The molecule has 0 aliphatic carbocycles. The molecule has 0 bridgehead atoms. The molecule has 2 rings (SSSR count). The molecule has 2 aromatic rings. The molecule has 8 heteroatoms. The molecule has 0 saturated carbocycles. The van der Waals surface area contributed by atoms with Crippen LogP contribution in [-0.4, -0.2) is 15.0 Å². The lowest BCUT2D eigenvalue weighted by Crippen LogP contribution is -2.07. The van der Waals surface area contributed by atoms with Gasteiger partial charge in [0.15, 0.2) is 0 Å². The van der Waals surface area contributed by atoms with Crippen molar-refractivity contribution in [2.24, 2.45) is 0 Å². The van der Waals surface area contributed by atoms with E-state index in [0.29, 0.717) is 16.6 Å². The molecular weight excluding hydrogens is 359 g/mol. The Morgan fingerprint density at radius 3 is 2.70 bits per heavy atom. The first-order chi connectivity index (χ1) is 9.32. The van der Waals surface area contributed by atoms with Crippen LogP contribution in [-0.2, 0) is 6.18 Å². The Hall–Kier alpha value is -1.08. The second kappa shape index (κ2) is 5.73. The highest BCUT2D eigenvalue weighted by molar-refractivity contribution is 9.10. The van der Waals surface area contributed by atoms with E-state index in [1.807, 2.05) is 6.92 Å². The topological polar surface area (TPSA) is 30.7 Å². The van der Waals surface area contributed by atoms with Gasteiger partial charge in [-0.25, -0.2) is 4.68 Å². The molecule has 0 fully saturated rings. The van der Waals surface area contributed by atoms with Crippen molar-refractivity contribution < 1.29 is 13.2 Å². The van der Waals surface area contributed by atoms with Gasteiger partial charge in [0.2, 0.25) is 0 Å². The Bertz CT molecular complexity index is 612. The van der Waals surface area contributed by atoms with E-state index in [2.05, 4.69) is 26.2 Å². The number of rotatable bonds is 3. The van der Waals surface area contributed by atoms with Crippen LogP contribution in [0.3, 0.4) is 0 Å². The SMILES string of the molecule is CCC(Cl)c1cn(-c2cc(C(F)(F)F)ccc2Br)nn1. The normalized spacial score (nSPS) is 13.5. The molecule has 0 radical (unpaired) electrons. The van der Waals surface area contributed by atoms with E-state index in [9.17, 15) is 13.2 Å². The smallest absolute Gasteiger partial charge is 0.219 e. The summed E-state index contributed by atoms with van der Waals surface area (Å²) < 4.78 is 39.9. The third kappa shape index (κ3) is 3.15. The first-order valence-corrected chi connectivity index (χ1v) is 6.99. The summed E-state index contributed by atoms with van der Waals surface area (Å²) in [6.07, 6.45) is -2.22. The van der Waals surface area contributed by atoms with Crippen LogP contribution in [0.15, 0.2) is 28.9 Å². The number of alkyl halides is 4. The van der Waals surface area contributed by atoms with Crippen LogP contribution in [0.5, 0.6) is 0 Å². The molecule has 1 atom stereocenters. The number of hydrogen-bond donors (Lipinski definition) is 0. The van der Waals surface area contributed by atoms with Crippen molar-refractivity contribution in [1.29, 1.82) is 0 Å². The minimum atomic E-state index is -4.41. The van der Waals surface area contributed by atoms with Crippen molar-refractivity contribution in [1.82, 2.24) is 15.0 Å². The fourth-order valence-corrected chi connectivity index (χ4v) is 2.14. The van der Waals surface area contributed by atoms with Crippen LogP contribution >= 0.6 is 27.5 Å². The van der Waals surface area contributed by atoms with Crippen molar-refractivity contribution in [3.63, 3.8) is 0 Å². The Balaban J connectivity index is 2.44. The molecule has 108 valence electrons. The molecule has 1 heterocycles. The molecule has 0 N–H and O–H groups in total. The monoisotopic (exact) mass is 367 g/mol. The lowest BCUT2D eigenvalue weighted by molar-refractivity contribution is -0.137. The van der Waals surface area contributed by atoms with Gasteiger partial charge in [0.1, 0.15) is 5.69 Å². The van der Waals surface area contributed by atoms with Crippen molar-refractivity contribution in [2.45, 2.75) is 24.9 Å². The zero-order valence-corrected chi connectivity index (χ0v) is 12.7. The van der Waals surface area contributed by atoms with Gasteiger partial charge in [0.05, 0.1) is 22.8 Å². The molecule has 0 amide bonds. The van der Waals surface area contributed by atoms with E-state index in [0.717, 1.165) is 12.1 Å². The van der Waals surface area contributed by atoms with E-state index >= 15 is 0 Å². The van der Waals surface area contributed by atoms with Crippen LogP contribution in [0.2, 0.25) is 0 Å². The highest BCUT2D eigenvalue weighted by atomic mass is 79.9. The highest BCUT2D eigenvalue weighted by Crippen LogP contribution is 2.33. The predicted molar refractivity (Wildman–Crippen MR) is 72.9 cm³/mol. The van der Waals surface area contributed by atoms with Crippen LogP contribution < -0.4 is 0 Å².